The van der Waals surface area contributed by atoms with Crippen molar-refractivity contribution >= 4 is 26.7 Å². The molecule has 0 unspecified atom stereocenters. The van der Waals surface area contributed by atoms with Gasteiger partial charge in [-0.15, -0.1) is 11.3 Å². The van der Waals surface area contributed by atoms with Crippen LogP contribution in [0.4, 0.5) is 9.52 Å². The van der Waals surface area contributed by atoms with E-state index in [1.165, 1.54) is 6.07 Å². The van der Waals surface area contributed by atoms with Crippen LogP contribution in [0.2, 0.25) is 0 Å². The van der Waals surface area contributed by atoms with Crippen molar-refractivity contribution in [3.8, 4) is 0 Å². The predicted molar refractivity (Wildman–Crippen MR) is 48.4 cm³/mol. The molecule has 1 aromatic carbocycles. The topological polar surface area (TPSA) is 61.7 Å². The van der Waals surface area contributed by atoms with Gasteiger partial charge in [-0.1, -0.05) is 6.07 Å². The zero-order chi connectivity index (χ0) is 9.26. The number of aromatic nitrogens is 1. The average Bonchev–Trinajstić information content (AvgIpc) is 2.49. The normalized spacial score (nSPS) is 9.92. The third-order valence-electron chi connectivity index (χ3n) is 1.49. The van der Waals surface area contributed by atoms with Gasteiger partial charge in [0.05, 0.1) is 4.70 Å². The minimum atomic E-state index is -0.395. The van der Waals surface area contributed by atoms with Gasteiger partial charge in [0.1, 0.15) is 11.3 Å². The second kappa shape index (κ2) is 3.01. The minimum Gasteiger partial charge on any atom is -0.231 e. The zero-order valence-corrected chi connectivity index (χ0v) is 7.12. The molecule has 0 aliphatic heterocycles. The molecule has 2 aromatic rings. The van der Waals surface area contributed by atoms with E-state index in [-0.39, 0.29) is 10.6 Å². The van der Waals surface area contributed by atoms with E-state index in [0.29, 0.717) is 4.70 Å². The first-order valence-electron chi connectivity index (χ1n) is 3.41. The standard InChI is InChI=1S/C7H3FN4S/c8-4-2-1-3-5-6(4)10-7(13-5)11-12-9/h1-3H. The fourth-order valence-electron chi connectivity index (χ4n) is 0.984. The summed E-state index contributed by atoms with van der Waals surface area (Å²) in [4.78, 5) is 6.41. The van der Waals surface area contributed by atoms with Crippen molar-refractivity contribution in [3.63, 3.8) is 0 Å². The summed E-state index contributed by atoms with van der Waals surface area (Å²) in [5.41, 5.74) is 8.40. The number of nitrogens with zero attached hydrogens (tertiary/aromatic N) is 4. The molecule has 0 saturated carbocycles. The molecule has 0 aliphatic carbocycles. The first-order valence-corrected chi connectivity index (χ1v) is 4.23. The lowest BCUT2D eigenvalue weighted by atomic mass is 10.3. The molecule has 6 heteroatoms. The fourth-order valence-corrected chi connectivity index (χ4v) is 1.78. The molecular formula is C7H3FN4S. The Morgan fingerprint density at radius 3 is 3.08 bits per heavy atom. The molecule has 1 heterocycles. The van der Waals surface area contributed by atoms with Crippen molar-refractivity contribution in [2.24, 2.45) is 5.11 Å². The summed E-state index contributed by atoms with van der Waals surface area (Å²) < 4.78 is 13.7. The van der Waals surface area contributed by atoms with Gasteiger partial charge in [0.25, 0.3) is 0 Å². The van der Waals surface area contributed by atoms with Crippen LogP contribution in [0.1, 0.15) is 0 Å². The Hall–Kier alpha value is -1.65. The summed E-state index contributed by atoms with van der Waals surface area (Å²) in [5, 5.41) is 3.54. The molecule has 0 bridgehead atoms. The van der Waals surface area contributed by atoms with Gasteiger partial charge in [0.2, 0.25) is 0 Å². The van der Waals surface area contributed by atoms with Crippen LogP contribution in [0.15, 0.2) is 23.3 Å². The minimum absolute atomic E-state index is 0.239. The lowest BCUT2D eigenvalue weighted by Gasteiger charge is -1.86. The SMILES string of the molecule is [N-]=[N+]=Nc1nc2c(F)cccc2s1. The van der Waals surface area contributed by atoms with Crippen LogP contribution in [0.5, 0.6) is 0 Å². The van der Waals surface area contributed by atoms with Gasteiger partial charge in [-0.05, 0) is 22.8 Å². The molecule has 13 heavy (non-hydrogen) atoms. The molecule has 0 atom stereocenters. The van der Waals surface area contributed by atoms with Gasteiger partial charge in [0.15, 0.2) is 5.13 Å². The third kappa shape index (κ3) is 1.32. The molecule has 0 aliphatic rings. The van der Waals surface area contributed by atoms with E-state index in [0.717, 1.165) is 11.3 Å². The van der Waals surface area contributed by atoms with E-state index in [4.69, 9.17) is 5.53 Å². The lowest BCUT2D eigenvalue weighted by Crippen LogP contribution is -1.74. The number of benzene rings is 1. The lowest BCUT2D eigenvalue weighted by molar-refractivity contribution is 0.637. The third-order valence-corrected chi connectivity index (χ3v) is 2.39. The second-order valence-electron chi connectivity index (χ2n) is 2.27. The first kappa shape index (κ1) is 7.97. The Morgan fingerprint density at radius 1 is 1.54 bits per heavy atom. The highest BCUT2D eigenvalue weighted by Gasteiger charge is 2.05. The molecule has 0 fully saturated rings. The smallest absolute Gasteiger partial charge is 0.181 e. The quantitative estimate of drug-likeness (QED) is 0.390. The number of para-hydroxylation sites is 1. The summed E-state index contributed by atoms with van der Waals surface area (Å²) in [6.07, 6.45) is 0. The Labute approximate surface area is 76.3 Å². The highest BCUT2D eigenvalue weighted by atomic mass is 32.1. The number of halogens is 1. The largest absolute Gasteiger partial charge is 0.231 e. The monoisotopic (exact) mass is 194 g/mol. The highest BCUT2D eigenvalue weighted by molar-refractivity contribution is 7.21. The number of azide groups is 1. The number of thiazole rings is 1. The van der Waals surface area contributed by atoms with E-state index in [2.05, 4.69) is 15.0 Å². The van der Waals surface area contributed by atoms with E-state index in [9.17, 15) is 4.39 Å². The molecular weight excluding hydrogens is 191 g/mol. The molecule has 2 rings (SSSR count). The molecule has 0 N–H and O–H groups in total. The molecule has 0 amide bonds. The summed E-state index contributed by atoms with van der Waals surface area (Å²) >= 11 is 1.16. The summed E-state index contributed by atoms with van der Waals surface area (Å²) in [5.74, 6) is -0.395. The highest BCUT2D eigenvalue weighted by Crippen LogP contribution is 2.29. The van der Waals surface area contributed by atoms with Gasteiger partial charge < -0.3 is 0 Å². The maximum atomic E-state index is 13.0. The number of rotatable bonds is 1. The maximum absolute atomic E-state index is 13.0. The van der Waals surface area contributed by atoms with Crippen LogP contribution < -0.4 is 0 Å². The van der Waals surface area contributed by atoms with Gasteiger partial charge >= 0.3 is 0 Å². The Morgan fingerprint density at radius 2 is 2.38 bits per heavy atom. The van der Waals surface area contributed by atoms with Crippen molar-refractivity contribution in [1.29, 1.82) is 0 Å². The van der Waals surface area contributed by atoms with E-state index < -0.39 is 5.82 Å². The van der Waals surface area contributed by atoms with Crippen molar-refractivity contribution in [2.45, 2.75) is 0 Å². The molecule has 1 aromatic heterocycles. The number of fused-ring (bicyclic) bond motifs is 1. The van der Waals surface area contributed by atoms with Crippen LogP contribution in [-0.4, -0.2) is 4.98 Å². The van der Waals surface area contributed by atoms with Gasteiger partial charge in [-0.2, -0.15) is 0 Å². The fraction of sp³-hybridized carbons (Fsp3) is 0. The van der Waals surface area contributed by atoms with Gasteiger partial charge in [-0.25, -0.2) is 9.37 Å². The van der Waals surface area contributed by atoms with Crippen LogP contribution in [0, 0.1) is 5.82 Å². The van der Waals surface area contributed by atoms with Crippen LogP contribution in [0.25, 0.3) is 20.7 Å². The van der Waals surface area contributed by atoms with Crippen molar-refractivity contribution in [2.75, 3.05) is 0 Å². The maximum Gasteiger partial charge on any atom is 0.181 e. The average molecular weight is 194 g/mol. The van der Waals surface area contributed by atoms with Crippen LogP contribution in [0.3, 0.4) is 0 Å². The molecule has 0 saturated heterocycles. The molecule has 0 spiro atoms. The summed E-state index contributed by atoms with van der Waals surface area (Å²) in [6.45, 7) is 0. The van der Waals surface area contributed by atoms with Crippen molar-refractivity contribution < 1.29 is 4.39 Å². The zero-order valence-electron chi connectivity index (χ0n) is 6.31. The van der Waals surface area contributed by atoms with E-state index in [1.807, 2.05) is 0 Å². The van der Waals surface area contributed by atoms with E-state index in [1.54, 1.807) is 12.1 Å². The predicted octanol–water partition coefficient (Wildman–Crippen LogP) is 3.38. The van der Waals surface area contributed by atoms with Gasteiger partial charge in [-0.3, -0.25) is 0 Å². The number of hydrogen-bond acceptors (Lipinski definition) is 3. The van der Waals surface area contributed by atoms with Crippen molar-refractivity contribution in [3.05, 3.63) is 34.5 Å². The Kier molecular flexibility index (Phi) is 1.84. The van der Waals surface area contributed by atoms with Gasteiger partial charge in [0, 0.05) is 4.91 Å². The second-order valence-corrected chi connectivity index (χ2v) is 3.28. The van der Waals surface area contributed by atoms with E-state index >= 15 is 0 Å². The molecule has 64 valence electrons. The van der Waals surface area contributed by atoms with Crippen LogP contribution >= 0.6 is 11.3 Å². The molecule has 4 nitrogen and oxygen atoms in total. The first-order chi connectivity index (χ1) is 6.31. The molecule has 0 radical (unpaired) electrons. The Bertz CT molecular complexity index is 500. The van der Waals surface area contributed by atoms with Crippen molar-refractivity contribution in [1.82, 2.24) is 4.98 Å². The van der Waals surface area contributed by atoms with Crippen LogP contribution in [-0.2, 0) is 0 Å². The Balaban J connectivity index is 2.75. The summed E-state index contributed by atoms with van der Waals surface area (Å²) in [6, 6.07) is 4.64. The summed E-state index contributed by atoms with van der Waals surface area (Å²) in [7, 11) is 0. The number of hydrogen-bond donors (Lipinski definition) is 0.